The number of carbonyl (C=O) groups excluding carboxylic acids is 1. The Balaban J connectivity index is 2.12. The molecule has 0 aromatic heterocycles. The van der Waals surface area contributed by atoms with Crippen molar-refractivity contribution in [3.8, 4) is 5.75 Å². The second-order valence-electron chi connectivity index (χ2n) is 6.24. The van der Waals surface area contributed by atoms with E-state index in [1.54, 1.807) is 48.5 Å². The number of carbonyl (C=O) groups is 1. The van der Waals surface area contributed by atoms with Gasteiger partial charge in [-0.25, -0.2) is 0 Å². The third kappa shape index (κ3) is 3.61. The van der Waals surface area contributed by atoms with E-state index >= 15 is 0 Å². The molecular weight excluding hydrogens is 372 g/mol. The van der Waals surface area contributed by atoms with Crippen molar-refractivity contribution in [1.29, 1.82) is 0 Å². The van der Waals surface area contributed by atoms with Crippen molar-refractivity contribution in [2.75, 3.05) is 14.2 Å². The number of esters is 1. The van der Waals surface area contributed by atoms with Crippen LogP contribution in [0.2, 0.25) is 5.02 Å². The SMILES string of the molecule is COC(=O)C1NC(c2ccccc2OC)C([N+](=O)[O-])C1c1ccc(Cl)cc1. The molecule has 1 N–H and O–H groups in total. The number of nitrogens with zero attached hydrogens (tertiary/aromatic N) is 1. The Kier molecular flexibility index (Phi) is 5.62. The quantitative estimate of drug-likeness (QED) is 0.479. The van der Waals surface area contributed by atoms with Gasteiger partial charge in [-0.15, -0.1) is 0 Å². The Morgan fingerprint density at radius 3 is 2.41 bits per heavy atom. The van der Waals surface area contributed by atoms with Gasteiger partial charge in [-0.2, -0.15) is 0 Å². The van der Waals surface area contributed by atoms with Crippen molar-refractivity contribution in [1.82, 2.24) is 5.32 Å². The topological polar surface area (TPSA) is 90.7 Å². The Morgan fingerprint density at radius 2 is 1.81 bits per heavy atom. The highest BCUT2D eigenvalue weighted by Crippen LogP contribution is 2.43. The molecule has 142 valence electrons. The molecule has 0 radical (unpaired) electrons. The van der Waals surface area contributed by atoms with Gasteiger partial charge in [0.2, 0.25) is 6.04 Å². The molecule has 4 unspecified atom stereocenters. The molecule has 1 aliphatic heterocycles. The highest BCUT2D eigenvalue weighted by atomic mass is 35.5. The molecule has 0 saturated carbocycles. The molecule has 2 aromatic carbocycles. The molecule has 4 atom stereocenters. The molecule has 1 aliphatic rings. The zero-order valence-corrected chi connectivity index (χ0v) is 15.6. The van der Waals surface area contributed by atoms with Gasteiger partial charge >= 0.3 is 5.97 Å². The molecule has 0 spiro atoms. The molecule has 1 fully saturated rings. The van der Waals surface area contributed by atoms with Crippen molar-refractivity contribution < 1.29 is 19.2 Å². The zero-order chi connectivity index (χ0) is 19.6. The van der Waals surface area contributed by atoms with E-state index in [1.165, 1.54) is 14.2 Å². The van der Waals surface area contributed by atoms with Crippen LogP contribution in [0.15, 0.2) is 48.5 Å². The van der Waals surface area contributed by atoms with Crippen LogP contribution < -0.4 is 10.1 Å². The van der Waals surface area contributed by atoms with Gasteiger partial charge < -0.3 is 9.47 Å². The number of nitrogens with one attached hydrogen (secondary N) is 1. The summed E-state index contributed by atoms with van der Waals surface area (Å²) in [6.07, 6.45) is 0. The lowest BCUT2D eigenvalue weighted by Gasteiger charge is -2.20. The van der Waals surface area contributed by atoms with Crippen molar-refractivity contribution in [2.45, 2.75) is 24.0 Å². The average Bonchev–Trinajstić information content (AvgIpc) is 3.08. The molecule has 1 heterocycles. The number of halogens is 1. The summed E-state index contributed by atoms with van der Waals surface area (Å²) in [4.78, 5) is 24.1. The minimum absolute atomic E-state index is 0.355. The van der Waals surface area contributed by atoms with E-state index < -0.39 is 30.0 Å². The van der Waals surface area contributed by atoms with Gasteiger partial charge in [0, 0.05) is 15.5 Å². The van der Waals surface area contributed by atoms with Crippen LogP contribution in [-0.2, 0) is 9.53 Å². The molecule has 2 aromatic rings. The van der Waals surface area contributed by atoms with Crippen molar-refractivity contribution in [3.63, 3.8) is 0 Å². The van der Waals surface area contributed by atoms with Crippen LogP contribution in [0, 0.1) is 10.1 Å². The van der Waals surface area contributed by atoms with Gasteiger partial charge in [-0.3, -0.25) is 20.2 Å². The summed E-state index contributed by atoms with van der Waals surface area (Å²) in [5, 5.41) is 15.6. The number of hydrogen-bond acceptors (Lipinski definition) is 6. The Labute approximate surface area is 161 Å². The van der Waals surface area contributed by atoms with Gasteiger partial charge in [0.05, 0.1) is 20.1 Å². The molecule has 0 amide bonds. The fourth-order valence-electron chi connectivity index (χ4n) is 3.67. The summed E-state index contributed by atoms with van der Waals surface area (Å²) in [6.45, 7) is 0. The normalized spacial score (nSPS) is 24.4. The number of hydrogen-bond donors (Lipinski definition) is 1. The molecule has 0 aliphatic carbocycles. The van der Waals surface area contributed by atoms with Gasteiger partial charge in [0.25, 0.3) is 0 Å². The van der Waals surface area contributed by atoms with Gasteiger partial charge in [-0.1, -0.05) is 41.9 Å². The third-order valence-corrected chi connectivity index (χ3v) is 5.11. The van der Waals surface area contributed by atoms with Crippen LogP contribution in [-0.4, -0.2) is 37.2 Å². The van der Waals surface area contributed by atoms with Crippen LogP contribution >= 0.6 is 11.6 Å². The highest BCUT2D eigenvalue weighted by Gasteiger charge is 2.55. The lowest BCUT2D eigenvalue weighted by Crippen LogP contribution is -2.37. The fraction of sp³-hybridized carbons (Fsp3) is 0.316. The van der Waals surface area contributed by atoms with Gasteiger partial charge in [0.15, 0.2) is 0 Å². The van der Waals surface area contributed by atoms with Crippen molar-refractivity contribution in [2.24, 2.45) is 0 Å². The number of ether oxygens (including phenoxy) is 2. The maximum Gasteiger partial charge on any atom is 0.323 e. The monoisotopic (exact) mass is 390 g/mol. The van der Waals surface area contributed by atoms with E-state index in [1.807, 2.05) is 0 Å². The second kappa shape index (κ2) is 7.94. The summed E-state index contributed by atoms with van der Waals surface area (Å²) in [5.41, 5.74) is 1.26. The zero-order valence-electron chi connectivity index (χ0n) is 14.8. The summed E-state index contributed by atoms with van der Waals surface area (Å²) in [5.74, 6) is -0.763. The first-order chi connectivity index (χ1) is 13.0. The molecule has 1 saturated heterocycles. The molecule has 8 heteroatoms. The van der Waals surface area contributed by atoms with Crippen LogP contribution in [0.25, 0.3) is 0 Å². The maximum absolute atomic E-state index is 12.4. The summed E-state index contributed by atoms with van der Waals surface area (Å²) in [7, 11) is 2.77. The molecule has 0 bridgehead atoms. The minimum Gasteiger partial charge on any atom is -0.496 e. The number of rotatable bonds is 5. The van der Waals surface area contributed by atoms with Crippen molar-refractivity contribution in [3.05, 3.63) is 74.8 Å². The first-order valence-electron chi connectivity index (χ1n) is 8.33. The first-order valence-corrected chi connectivity index (χ1v) is 8.71. The smallest absolute Gasteiger partial charge is 0.323 e. The first kappa shape index (κ1) is 19.1. The molecular formula is C19H19ClN2O5. The molecule has 3 rings (SSSR count). The van der Waals surface area contributed by atoms with E-state index in [4.69, 9.17) is 21.1 Å². The highest BCUT2D eigenvalue weighted by molar-refractivity contribution is 6.30. The van der Waals surface area contributed by atoms with E-state index in [0.717, 1.165) is 0 Å². The average molecular weight is 391 g/mol. The number of methoxy groups -OCH3 is 2. The Bertz CT molecular complexity index is 842. The second-order valence-corrected chi connectivity index (χ2v) is 6.68. The third-order valence-electron chi connectivity index (χ3n) is 4.86. The Morgan fingerprint density at radius 1 is 1.15 bits per heavy atom. The lowest BCUT2D eigenvalue weighted by molar-refractivity contribution is -0.527. The standard InChI is InChI=1S/C19H19ClN2O5/c1-26-14-6-4-3-5-13(14)16-18(22(24)25)15(17(21-16)19(23)27-2)11-7-9-12(20)10-8-11/h3-10,15-18,21H,1-2H3. The van der Waals surface area contributed by atoms with Crippen LogP contribution in [0.4, 0.5) is 0 Å². The summed E-state index contributed by atoms with van der Waals surface area (Å²) in [6, 6.07) is 11.1. The van der Waals surface area contributed by atoms with Gasteiger partial charge in [-0.05, 0) is 23.8 Å². The van der Waals surface area contributed by atoms with Crippen molar-refractivity contribution >= 4 is 17.6 Å². The number of nitro groups is 1. The van der Waals surface area contributed by atoms with Crippen LogP contribution in [0.3, 0.4) is 0 Å². The Hall–Kier alpha value is -2.64. The predicted octanol–water partition coefficient (Wildman–Crippen LogP) is 2.96. The number of para-hydroxylation sites is 1. The molecule has 7 nitrogen and oxygen atoms in total. The number of benzene rings is 2. The molecule has 27 heavy (non-hydrogen) atoms. The van der Waals surface area contributed by atoms with E-state index in [9.17, 15) is 14.9 Å². The maximum atomic E-state index is 12.4. The lowest BCUT2D eigenvalue weighted by atomic mass is 9.85. The van der Waals surface area contributed by atoms with Crippen LogP contribution in [0.5, 0.6) is 5.75 Å². The van der Waals surface area contributed by atoms with Crippen LogP contribution in [0.1, 0.15) is 23.1 Å². The predicted molar refractivity (Wildman–Crippen MR) is 99.7 cm³/mol. The van der Waals surface area contributed by atoms with E-state index in [2.05, 4.69) is 5.32 Å². The minimum atomic E-state index is -1.09. The summed E-state index contributed by atoms with van der Waals surface area (Å²) >= 11 is 5.95. The summed E-state index contributed by atoms with van der Waals surface area (Å²) < 4.78 is 10.3. The van der Waals surface area contributed by atoms with E-state index in [0.29, 0.717) is 21.9 Å². The fourth-order valence-corrected chi connectivity index (χ4v) is 3.79. The van der Waals surface area contributed by atoms with E-state index in [-0.39, 0.29) is 4.92 Å². The van der Waals surface area contributed by atoms with Gasteiger partial charge in [0.1, 0.15) is 17.8 Å². The largest absolute Gasteiger partial charge is 0.496 e.